The highest BCUT2D eigenvalue weighted by molar-refractivity contribution is 4.77. The van der Waals surface area contributed by atoms with Gasteiger partial charge in [0, 0.05) is 12.6 Å². The van der Waals surface area contributed by atoms with Crippen LogP contribution in [0.25, 0.3) is 0 Å². The fourth-order valence-corrected chi connectivity index (χ4v) is 2.77. The van der Waals surface area contributed by atoms with Crippen LogP contribution in [0.5, 0.6) is 0 Å². The molecule has 1 rings (SSSR count). The molecule has 0 saturated heterocycles. The molecular formula is C14H30N2. The molecular weight excluding hydrogens is 196 g/mol. The van der Waals surface area contributed by atoms with Crippen LogP contribution in [-0.2, 0) is 0 Å². The first-order valence-corrected chi connectivity index (χ1v) is 7.00. The molecule has 0 atom stereocenters. The fourth-order valence-electron chi connectivity index (χ4n) is 2.77. The molecule has 2 heteroatoms. The molecule has 3 N–H and O–H groups in total. The summed E-state index contributed by atoms with van der Waals surface area (Å²) in [4.78, 5) is 0. The first-order valence-electron chi connectivity index (χ1n) is 7.00. The Morgan fingerprint density at radius 2 is 1.81 bits per heavy atom. The first-order chi connectivity index (χ1) is 7.53. The van der Waals surface area contributed by atoms with Gasteiger partial charge in [0.05, 0.1) is 0 Å². The number of hydrogen-bond donors (Lipinski definition) is 2. The van der Waals surface area contributed by atoms with Gasteiger partial charge >= 0.3 is 0 Å². The molecule has 1 aliphatic rings. The quantitative estimate of drug-likeness (QED) is 0.731. The Balaban J connectivity index is 2.11. The molecule has 0 aliphatic heterocycles. The molecule has 16 heavy (non-hydrogen) atoms. The first kappa shape index (κ1) is 14.0. The standard InChI is InChI=1S/C14H30N2/c1-4-9-14(2,3)11-16-10-12-5-7-13(15)8-6-12/h12-13,16H,4-11,15H2,1-3H3. The minimum absolute atomic E-state index is 0.458. The third kappa shape index (κ3) is 5.31. The Bertz CT molecular complexity index is 181. The molecule has 1 aliphatic carbocycles. The van der Waals surface area contributed by atoms with Crippen LogP contribution in [0.4, 0.5) is 0 Å². The van der Waals surface area contributed by atoms with Crippen LogP contribution in [0.1, 0.15) is 59.3 Å². The van der Waals surface area contributed by atoms with E-state index in [1.807, 2.05) is 0 Å². The van der Waals surface area contributed by atoms with Crippen LogP contribution in [0.3, 0.4) is 0 Å². The molecule has 2 nitrogen and oxygen atoms in total. The zero-order chi connectivity index (χ0) is 12.0. The number of nitrogens with one attached hydrogen (secondary N) is 1. The summed E-state index contributed by atoms with van der Waals surface area (Å²) in [5.74, 6) is 0.872. The molecule has 1 saturated carbocycles. The molecule has 1 fully saturated rings. The molecule has 0 aromatic carbocycles. The highest BCUT2D eigenvalue weighted by Gasteiger charge is 2.20. The van der Waals surface area contributed by atoms with E-state index < -0.39 is 0 Å². The van der Waals surface area contributed by atoms with Crippen molar-refractivity contribution in [2.24, 2.45) is 17.1 Å². The third-order valence-electron chi connectivity index (χ3n) is 3.85. The lowest BCUT2D eigenvalue weighted by Gasteiger charge is -2.29. The molecule has 0 radical (unpaired) electrons. The van der Waals surface area contributed by atoms with Gasteiger partial charge in [0.2, 0.25) is 0 Å². The van der Waals surface area contributed by atoms with Crippen molar-refractivity contribution in [3.05, 3.63) is 0 Å². The van der Waals surface area contributed by atoms with Crippen molar-refractivity contribution in [2.45, 2.75) is 65.3 Å². The molecule has 0 aromatic rings. The second kappa shape index (κ2) is 6.61. The van der Waals surface area contributed by atoms with Crippen molar-refractivity contribution in [1.82, 2.24) is 5.32 Å². The van der Waals surface area contributed by atoms with Gasteiger partial charge in [0.25, 0.3) is 0 Å². The zero-order valence-electron chi connectivity index (χ0n) is 11.4. The Morgan fingerprint density at radius 3 is 2.38 bits per heavy atom. The van der Waals surface area contributed by atoms with E-state index in [4.69, 9.17) is 5.73 Å². The maximum absolute atomic E-state index is 5.91. The van der Waals surface area contributed by atoms with Gasteiger partial charge in [-0.15, -0.1) is 0 Å². The molecule has 96 valence electrons. The Labute approximate surface area is 101 Å². The van der Waals surface area contributed by atoms with Crippen LogP contribution < -0.4 is 11.1 Å². The van der Waals surface area contributed by atoms with E-state index in [1.54, 1.807) is 0 Å². The lowest BCUT2D eigenvalue weighted by molar-refractivity contribution is 0.272. The van der Waals surface area contributed by atoms with E-state index in [1.165, 1.54) is 45.1 Å². The predicted molar refractivity (Wildman–Crippen MR) is 71.5 cm³/mol. The lowest BCUT2D eigenvalue weighted by Crippen LogP contribution is -2.35. The van der Waals surface area contributed by atoms with Gasteiger partial charge < -0.3 is 11.1 Å². The van der Waals surface area contributed by atoms with Crippen molar-refractivity contribution < 1.29 is 0 Å². The smallest absolute Gasteiger partial charge is 0.00390 e. The van der Waals surface area contributed by atoms with E-state index in [0.29, 0.717) is 11.5 Å². The molecule has 0 amide bonds. The van der Waals surface area contributed by atoms with Gasteiger partial charge in [0.15, 0.2) is 0 Å². The molecule has 0 aromatic heterocycles. The number of rotatable bonds is 6. The van der Waals surface area contributed by atoms with Gasteiger partial charge in [-0.2, -0.15) is 0 Å². The maximum Gasteiger partial charge on any atom is 0.00390 e. The minimum Gasteiger partial charge on any atom is -0.328 e. The van der Waals surface area contributed by atoms with Gasteiger partial charge in [-0.05, 0) is 50.0 Å². The van der Waals surface area contributed by atoms with Crippen LogP contribution in [0.15, 0.2) is 0 Å². The minimum atomic E-state index is 0.458. The summed E-state index contributed by atoms with van der Waals surface area (Å²) >= 11 is 0. The van der Waals surface area contributed by atoms with E-state index in [9.17, 15) is 0 Å². The highest BCUT2D eigenvalue weighted by Crippen LogP contribution is 2.24. The average molecular weight is 226 g/mol. The molecule has 0 bridgehead atoms. The van der Waals surface area contributed by atoms with E-state index in [-0.39, 0.29) is 0 Å². The second-order valence-corrected chi connectivity index (χ2v) is 6.33. The fraction of sp³-hybridized carbons (Fsp3) is 1.00. The monoisotopic (exact) mass is 226 g/mol. The Kier molecular flexibility index (Phi) is 5.77. The number of nitrogens with two attached hydrogens (primary N) is 1. The number of hydrogen-bond acceptors (Lipinski definition) is 2. The summed E-state index contributed by atoms with van der Waals surface area (Å²) in [7, 11) is 0. The summed E-state index contributed by atoms with van der Waals surface area (Å²) in [6.45, 7) is 9.34. The lowest BCUT2D eigenvalue weighted by atomic mass is 9.85. The Morgan fingerprint density at radius 1 is 1.19 bits per heavy atom. The summed E-state index contributed by atoms with van der Waals surface area (Å²) < 4.78 is 0. The second-order valence-electron chi connectivity index (χ2n) is 6.33. The van der Waals surface area contributed by atoms with Crippen molar-refractivity contribution in [3.8, 4) is 0 Å². The SMILES string of the molecule is CCCC(C)(C)CNCC1CCC(N)CC1. The zero-order valence-corrected chi connectivity index (χ0v) is 11.4. The molecule has 0 unspecified atom stereocenters. The van der Waals surface area contributed by atoms with Crippen LogP contribution in [0.2, 0.25) is 0 Å². The van der Waals surface area contributed by atoms with Crippen molar-refractivity contribution in [1.29, 1.82) is 0 Å². The van der Waals surface area contributed by atoms with E-state index in [2.05, 4.69) is 26.1 Å². The van der Waals surface area contributed by atoms with Crippen molar-refractivity contribution >= 4 is 0 Å². The van der Waals surface area contributed by atoms with Gasteiger partial charge in [-0.3, -0.25) is 0 Å². The van der Waals surface area contributed by atoms with Crippen molar-refractivity contribution in [2.75, 3.05) is 13.1 Å². The van der Waals surface area contributed by atoms with Crippen molar-refractivity contribution in [3.63, 3.8) is 0 Å². The predicted octanol–water partition coefficient (Wildman–Crippen LogP) is 2.92. The van der Waals surface area contributed by atoms with E-state index in [0.717, 1.165) is 12.5 Å². The molecule has 0 spiro atoms. The third-order valence-corrected chi connectivity index (χ3v) is 3.85. The summed E-state index contributed by atoms with van der Waals surface area (Å²) in [6.07, 6.45) is 7.70. The summed E-state index contributed by atoms with van der Waals surface area (Å²) in [5.41, 5.74) is 6.37. The average Bonchev–Trinajstić information content (AvgIpc) is 2.20. The van der Waals surface area contributed by atoms with Crippen LogP contribution >= 0.6 is 0 Å². The largest absolute Gasteiger partial charge is 0.328 e. The summed E-state index contributed by atoms with van der Waals surface area (Å²) in [5, 5.41) is 3.65. The maximum atomic E-state index is 5.91. The molecule has 0 heterocycles. The highest BCUT2D eigenvalue weighted by atomic mass is 14.9. The van der Waals surface area contributed by atoms with E-state index >= 15 is 0 Å². The van der Waals surface area contributed by atoms with Gasteiger partial charge in [-0.1, -0.05) is 27.2 Å². The van der Waals surface area contributed by atoms with Gasteiger partial charge in [0.1, 0.15) is 0 Å². The topological polar surface area (TPSA) is 38.0 Å². The van der Waals surface area contributed by atoms with Crippen LogP contribution in [0, 0.1) is 11.3 Å². The van der Waals surface area contributed by atoms with Crippen LogP contribution in [-0.4, -0.2) is 19.1 Å². The summed E-state index contributed by atoms with van der Waals surface area (Å²) in [6, 6.07) is 0.479. The normalized spacial score (nSPS) is 27.0. The Hall–Kier alpha value is -0.0800. The van der Waals surface area contributed by atoms with Gasteiger partial charge in [-0.25, -0.2) is 0 Å².